The van der Waals surface area contributed by atoms with Crippen LogP contribution >= 0.6 is 11.3 Å². The van der Waals surface area contributed by atoms with Gasteiger partial charge < -0.3 is 4.74 Å². The SMILES string of the molecule is C[C@H]1Cc2cc(C(=O)OCc3cc(=O)n4ccsc4n3)ccc2N1S(C)(=O)=O. The summed E-state index contributed by atoms with van der Waals surface area (Å²) in [6.07, 6.45) is 3.33. The quantitative estimate of drug-likeness (QED) is 0.599. The molecule has 4 rings (SSSR count). The zero-order chi connectivity index (χ0) is 20.1. The molecule has 0 bridgehead atoms. The van der Waals surface area contributed by atoms with E-state index in [1.165, 1.54) is 32.4 Å². The van der Waals surface area contributed by atoms with Crippen molar-refractivity contribution in [3.63, 3.8) is 0 Å². The molecule has 2 aromatic heterocycles. The van der Waals surface area contributed by atoms with Crippen LogP contribution in [-0.4, -0.2) is 36.1 Å². The highest BCUT2D eigenvalue weighted by Crippen LogP contribution is 2.34. The van der Waals surface area contributed by atoms with Gasteiger partial charge in [-0.25, -0.2) is 18.2 Å². The third-order valence-electron chi connectivity index (χ3n) is 4.53. The number of carbonyl (C=O) groups excluding carboxylic acids is 1. The second-order valence-corrected chi connectivity index (χ2v) is 9.41. The number of rotatable bonds is 4. The van der Waals surface area contributed by atoms with Crippen molar-refractivity contribution in [1.82, 2.24) is 9.38 Å². The molecule has 1 aliphatic heterocycles. The van der Waals surface area contributed by atoms with Gasteiger partial charge in [0.05, 0.1) is 23.2 Å². The minimum Gasteiger partial charge on any atom is -0.456 e. The highest BCUT2D eigenvalue weighted by Gasteiger charge is 2.32. The van der Waals surface area contributed by atoms with E-state index in [9.17, 15) is 18.0 Å². The first-order valence-corrected chi connectivity index (χ1v) is 11.2. The molecular formula is C18H17N3O5S2. The lowest BCUT2D eigenvalue weighted by Gasteiger charge is -2.21. The summed E-state index contributed by atoms with van der Waals surface area (Å²) in [7, 11) is -3.38. The number of ether oxygens (including phenoxy) is 1. The van der Waals surface area contributed by atoms with E-state index in [1.807, 2.05) is 6.92 Å². The number of anilines is 1. The van der Waals surface area contributed by atoms with Gasteiger partial charge in [-0.1, -0.05) is 0 Å². The molecule has 0 fully saturated rings. The van der Waals surface area contributed by atoms with Gasteiger partial charge in [-0.2, -0.15) is 0 Å². The van der Waals surface area contributed by atoms with Gasteiger partial charge >= 0.3 is 5.97 Å². The molecule has 0 amide bonds. The lowest BCUT2D eigenvalue weighted by atomic mass is 10.1. The maximum atomic E-state index is 12.4. The normalized spacial score (nSPS) is 16.4. The Morgan fingerprint density at radius 3 is 2.89 bits per heavy atom. The van der Waals surface area contributed by atoms with Gasteiger partial charge in [0.15, 0.2) is 4.96 Å². The first kappa shape index (κ1) is 18.6. The average molecular weight is 419 g/mol. The molecule has 10 heteroatoms. The zero-order valence-corrected chi connectivity index (χ0v) is 16.8. The van der Waals surface area contributed by atoms with Crippen LogP contribution in [0.15, 0.2) is 40.6 Å². The molecule has 0 spiro atoms. The van der Waals surface area contributed by atoms with Crippen molar-refractivity contribution in [3.8, 4) is 0 Å². The van der Waals surface area contributed by atoms with Crippen LogP contribution in [0.4, 0.5) is 5.69 Å². The van der Waals surface area contributed by atoms with E-state index in [0.717, 1.165) is 5.56 Å². The van der Waals surface area contributed by atoms with Gasteiger partial charge in [-0.3, -0.25) is 13.5 Å². The van der Waals surface area contributed by atoms with Gasteiger partial charge in [0.1, 0.15) is 6.61 Å². The second kappa shape index (κ2) is 6.71. The van der Waals surface area contributed by atoms with Gasteiger partial charge in [-0.15, -0.1) is 11.3 Å². The van der Waals surface area contributed by atoms with E-state index in [4.69, 9.17) is 4.74 Å². The number of aromatic nitrogens is 2. The van der Waals surface area contributed by atoms with Crippen molar-refractivity contribution >= 4 is 38.0 Å². The van der Waals surface area contributed by atoms with Crippen LogP contribution in [0, 0.1) is 0 Å². The van der Waals surface area contributed by atoms with Crippen molar-refractivity contribution in [1.29, 1.82) is 0 Å². The summed E-state index contributed by atoms with van der Waals surface area (Å²) in [5, 5.41) is 1.75. The van der Waals surface area contributed by atoms with Crippen LogP contribution in [-0.2, 0) is 27.8 Å². The number of esters is 1. The fraction of sp³-hybridized carbons (Fsp3) is 0.278. The maximum Gasteiger partial charge on any atom is 0.338 e. The number of hydrogen-bond donors (Lipinski definition) is 0. The van der Waals surface area contributed by atoms with Gasteiger partial charge in [0.25, 0.3) is 5.56 Å². The smallest absolute Gasteiger partial charge is 0.338 e. The number of hydrogen-bond acceptors (Lipinski definition) is 7. The predicted molar refractivity (Wildman–Crippen MR) is 105 cm³/mol. The molecular weight excluding hydrogens is 402 g/mol. The number of fused-ring (bicyclic) bond motifs is 2. The fourth-order valence-corrected chi connectivity index (χ4v) is 5.42. The van der Waals surface area contributed by atoms with Gasteiger partial charge in [-0.05, 0) is 37.1 Å². The molecule has 0 saturated heterocycles. The molecule has 1 aromatic carbocycles. The summed E-state index contributed by atoms with van der Waals surface area (Å²) in [6.45, 7) is 1.70. The molecule has 146 valence electrons. The summed E-state index contributed by atoms with van der Waals surface area (Å²) in [6, 6.07) is 5.96. The Balaban J connectivity index is 1.53. The van der Waals surface area contributed by atoms with Crippen LogP contribution in [0.25, 0.3) is 4.96 Å². The second-order valence-electron chi connectivity index (χ2n) is 6.67. The first-order valence-electron chi connectivity index (χ1n) is 8.49. The minimum atomic E-state index is -3.38. The summed E-state index contributed by atoms with van der Waals surface area (Å²) >= 11 is 1.32. The number of carbonyl (C=O) groups is 1. The molecule has 8 nitrogen and oxygen atoms in total. The Morgan fingerprint density at radius 2 is 2.14 bits per heavy atom. The Labute approximate surface area is 165 Å². The predicted octanol–water partition coefficient (Wildman–Crippen LogP) is 1.82. The minimum absolute atomic E-state index is 0.120. The third kappa shape index (κ3) is 3.29. The maximum absolute atomic E-state index is 12.4. The van der Waals surface area contributed by atoms with Crippen molar-refractivity contribution in [2.75, 3.05) is 10.6 Å². The molecule has 0 saturated carbocycles. The van der Waals surface area contributed by atoms with Crippen molar-refractivity contribution in [2.45, 2.75) is 26.0 Å². The molecule has 1 atom stereocenters. The fourth-order valence-electron chi connectivity index (χ4n) is 3.42. The van der Waals surface area contributed by atoms with Crippen LogP contribution < -0.4 is 9.86 Å². The van der Waals surface area contributed by atoms with Crippen molar-refractivity contribution in [2.24, 2.45) is 0 Å². The summed E-state index contributed by atoms with van der Waals surface area (Å²) < 4.78 is 32.1. The van der Waals surface area contributed by atoms with Crippen molar-refractivity contribution in [3.05, 3.63) is 63.0 Å². The van der Waals surface area contributed by atoms with Gasteiger partial charge in [0, 0.05) is 23.7 Å². The lowest BCUT2D eigenvalue weighted by molar-refractivity contribution is 0.0467. The lowest BCUT2D eigenvalue weighted by Crippen LogP contribution is -2.34. The summed E-state index contributed by atoms with van der Waals surface area (Å²) in [5.41, 5.74) is 1.84. The van der Waals surface area contributed by atoms with E-state index < -0.39 is 16.0 Å². The number of benzene rings is 1. The summed E-state index contributed by atoms with van der Waals surface area (Å²) in [4.78, 5) is 29.2. The van der Waals surface area contributed by atoms with E-state index in [0.29, 0.717) is 28.3 Å². The molecule has 0 radical (unpaired) electrons. The third-order valence-corrected chi connectivity index (χ3v) is 6.56. The highest BCUT2D eigenvalue weighted by molar-refractivity contribution is 7.92. The topological polar surface area (TPSA) is 98.1 Å². The van der Waals surface area contributed by atoms with E-state index in [2.05, 4.69) is 4.98 Å². The molecule has 28 heavy (non-hydrogen) atoms. The molecule has 0 N–H and O–H groups in total. The Bertz CT molecular complexity index is 1250. The molecule has 0 aliphatic carbocycles. The van der Waals surface area contributed by atoms with Gasteiger partial charge in [0.2, 0.25) is 10.0 Å². The highest BCUT2D eigenvalue weighted by atomic mass is 32.2. The Morgan fingerprint density at radius 1 is 1.36 bits per heavy atom. The Kier molecular flexibility index (Phi) is 4.47. The van der Waals surface area contributed by atoms with Crippen LogP contribution in [0.5, 0.6) is 0 Å². The van der Waals surface area contributed by atoms with Crippen LogP contribution in [0.3, 0.4) is 0 Å². The van der Waals surface area contributed by atoms with Crippen LogP contribution in [0.2, 0.25) is 0 Å². The molecule has 1 aliphatic rings. The number of nitrogens with zero attached hydrogens (tertiary/aromatic N) is 3. The van der Waals surface area contributed by atoms with E-state index >= 15 is 0 Å². The molecule has 3 aromatic rings. The zero-order valence-electron chi connectivity index (χ0n) is 15.2. The monoisotopic (exact) mass is 419 g/mol. The average Bonchev–Trinajstić information content (AvgIpc) is 3.21. The first-order chi connectivity index (χ1) is 13.2. The molecule has 3 heterocycles. The molecule has 0 unspecified atom stereocenters. The number of thiazole rings is 1. The number of sulfonamides is 1. The Hall–Kier alpha value is -2.72. The van der Waals surface area contributed by atoms with E-state index in [-0.39, 0.29) is 18.2 Å². The van der Waals surface area contributed by atoms with E-state index in [1.54, 1.807) is 29.8 Å². The standard InChI is InChI=1S/C18H17N3O5S2/c1-11-7-13-8-12(3-4-15(13)21(11)28(2,24)25)17(23)26-10-14-9-16(22)20-5-6-27-18(20)19-14/h3-6,8-9,11H,7,10H2,1-2H3/t11-/m0/s1. The summed E-state index contributed by atoms with van der Waals surface area (Å²) in [5.74, 6) is -0.554. The van der Waals surface area contributed by atoms with Crippen molar-refractivity contribution < 1.29 is 17.9 Å². The largest absolute Gasteiger partial charge is 0.456 e. The van der Waals surface area contributed by atoms with Crippen LogP contribution in [0.1, 0.15) is 28.5 Å².